The summed E-state index contributed by atoms with van der Waals surface area (Å²) in [6.45, 7) is 10.3. The van der Waals surface area contributed by atoms with Gasteiger partial charge in [-0.25, -0.2) is 0 Å². The van der Waals surface area contributed by atoms with Crippen LogP contribution in [0.4, 0.5) is 5.69 Å². The lowest BCUT2D eigenvalue weighted by molar-refractivity contribution is 0.0824. The molecule has 0 saturated carbocycles. The summed E-state index contributed by atoms with van der Waals surface area (Å²) in [5.74, 6) is -0.310. The monoisotopic (exact) mass is 406 g/mol. The number of nitrogens with zero attached hydrogens (tertiary/aromatic N) is 2. The second kappa shape index (κ2) is 10.9. The molecule has 6 nitrogen and oxygen atoms in total. The zero-order valence-electron chi connectivity index (χ0n) is 17.9. The van der Waals surface area contributed by atoms with Crippen LogP contribution in [0.3, 0.4) is 0 Å². The fraction of sp³-hybridized carbons (Fsp3) is 0.250. The maximum absolute atomic E-state index is 12.2. The molecule has 0 fully saturated rings. The molecule has 30 heavy (non-hydrogen) atoms. The van der Waals surface area contributed by atoms with E-state index in [-0.39, 0.29) is 17.2 Å². The molecule has 0 unspecified atom stereocenters. The van der Waals surface area contributed by atoms with Crippen molar-refractivity contribution >= 4 is 11.6 Å². The van der Waals surface area contributed by atoms with E-state index in [4.69, 9.17) is 0 Å². The summed E-state index contributed by atoms with van der Waals surface area (Å²) in [4.78, 5) is 17.6. The van der Waals surface area contributed by atoms with Crippen LogP contribution < -0.4 is 10.6 Å². The van der Waals surface area contributed by atoms with E-state index in [0.29, 0.717) is 12.2 Å². The number of phenols is 1. The molecule has 0 saturated heterocycles. The largest absolute Gasteiger partial charge is 0.505 e. The van der Waals surface area contributed by atoms with Gasteiger partial charge in [0.25, 0.3) is 5.91 Å². The summed E-state index contributed by atoms with van der Waals surface area (Å²) >= 11 is 0. The maximum Gasteiger partial charge on any atom is 0.257 e. The number of allylic oxidation sites excluding steroid dienone is 3. The number of anilines is 1. The van der Waals surface area contributed by atoms with Gasteiger partial charge in [-0.2, -0.15) is 0 Å². The van der Waals surface area contributed by atoms with Crippen LogP contribution in [0.2, 0.25) is 0 Å². The van der Waals surface area contributed by atoms with Gasteiger partial charge in [-0.3, -0.25) is 9.78 Å². The Hall–Kier alpha value is -3.54. The standard InChI is InChI=1S/C20H22N4O2.C4H8/c1-13-11-17(22-12-14-7-9-21-10-8-14)18(13)23-16-6-4-5-15(19(16)25)20(26)24(2)3;1-3-4-2/h4-10,22-23,25H,1,11-12H2,2-3H3;3H,1,4H2,2H3. The van der Waals surface area contributed by atoms with E-state index in [1.807, 2.05) is 18.2 Å². The zero-order valence-corrected chi connectivity index (χ0v) is 17.9. The van der Waals surface area contributed by atoms with Crippen molar-refractivity contribution < 1.29 is 9.90 Å². The Labute approximate surface area is 178 Å². The summed E-state index contributed by atoms with van der Waals surface area (Å²) in [5.41, 5.74) is 4.70. The number of nitrogens with one attached hydrogen (secondary N) is 2. The number of aromatic nitrogens is 1. The third kappa shape index (κ3) is 5.73. The third-order valence-electron chi connectivity index (χ3n) is 4.52. The zero-order chi connectivity index (χ0) is 22.1. The Kier molecular flexibility index (Phi) is 8.23. The number of rotatable bonds is 7. The molecule has 1 aliphatic rings. The van der Waals surface area contributed by atoms with Crippen molar-refractivity contribution in [3.8, 4) is 5.75 Å². The summed E-state index contributed by atoms with van der Waals surface area (Å²) in [6.07, 6.45) is 7.23. The van der Waals surface area contributed by atoms with Crippen molar-refractivity contribution in [3.05, 3.63) is 90.1 Å². The Morgan fingerprint density at radius 2 is 1.93 bits per heavy atom. The van der Waals surface area contributed by atoms with Gasteiger partial charge in [0.05, 0.1) is 16.9 Å². The van der Waals surface area contributed by atoms with Crippen LogP contribution >= 0.6 is 0 Å². The molecule has 0 bridgehead atoms. The van der Waals surface area contributed by atoms with E-state index in [0.717, 1.165) is 35.4 Å². The number of amides is 1. The smallest absolute Gasteiger partial charge is 0.257 e. The molecule has 0 radical (unpaired) electrons. The topological polar surface area (TPSA) is 77.5 Å². The Morgan fingerprint density at radius 3 is 2.50 bits per heavy atom. The quantitative estimate of drug-likeness (QED) is 0.468. The third-order valence-corrected chi connectivity index (χ3v) is 4.52. The molecular formula is C24H30N4O2. The van der Waals surface area contributed by atoms with Crippen molar-refractivity contribution in [1.82, 2.24) is 15.2 Å². The summed E-state index contributed by atoms with van der Waals surface area (Å²) in [5, 5.41) is 17.1. The Balaban J connectivity index is 0.000000735. The number of phenolic OH excluding ortho intramolecular Hbond substituents is 1. The fourth-order valence-corrected chi connectivity index (χ4v) is 2.71. The highest BCUT2D eigenvalue weighted by Gasteiger charge is 2.24. The van der Waals surface area contributed by atoms with Gasteiger partial charge in [-0.1, -0.05) is 25.6 Å². The number of benzene rings is 1. The van der Waals surface area contributed by atoms with Gasteiger partial charge in [0.2, 0.25) is 0 Å². The first-order valence-electron chi connectivity index (χ1n) is 9.84. The summed E-state index contributed by atoms with van der Waals surface area (Å²) in [6, 6.07) is 8.99. The van der Waals surface area contributed by atoms with Gasteiger partial charge >= 0.3 is 0 Å². The first-order valence-corrected chi connectivity index (χ1v) is 9.84. The van der Waals surface area contributed by atoms with Crippen molar-refractivity contribution in [2.45, 2.75) is 26.3 Å². The van der Waals surface area contributed by atoms with Gasteiger partial charge in [0.15, 0.2) is 5.75 Å². The molecule has 2 aromatic rings. The molecule has 0 atom stereocenters. The van der Waals surface area contributed by atoms with Gasteiger partial charge in [-0.15, -0.1) is 6.58 Å². The lowest BCUT2D eigenvalue weighted by atomic mass is 9.94. The minimum atomic E-state index is -0.247. The summed E-state index contributed by atoms with van der Waals surface area (Å²) in [7, 11) is 3.30. The van der Waals surface area contributed by atoms with Crippen LogP contribution in [0.15, 0.2) is 78.9 Å². The lowest BCUT2D eigenvalue weighted by Gasteiger charge is -2.29. The second-order valence-corrected chi connectivity index (χ2v) is 7.07. The lowest BCUT2D eigenvalue weighted by Crippen LogP contribution is -2.26. The molecule has 3 rings (SSSR count). The Bertz CT molecular complexity index is 933. The van der Waals surface area contributed by atoms with E-state index in [1.54, 1.807) is 44.7 Å². The molecule has 6 heteroatoms. The second-order valence-electron chi connectivity index (χ2n) is 7.07. The van der Waals surface area contributed by atoms with E-state index in [1.165, 1.54) is 4.90 Å². The van der Waals surface area contributed by atoms with Crippen LogP contribution in [0.1, 0.15) is 35.7 Å². The maximum atomic E-state index is 12.2. The average molecular weight is 407 g/mol. The molecular weight excluding hydrogens is 376 g/mol. The highest BCUT2D eigenvalue weighted by molar-refractivity contribution is 5.98. The number of carbonyl (C=O) groups excluding carboxylic acids is 1. The minimum absolute atomic E-state index is 0.0631. The number of hydrogen-bond donors (Lipinski definition) is 3. The van der Waals surface area contributed by atoms with Crippen LogP contribution in [0.5, 0.6) is 5.75 Å². The average Bonchev–Trinajstić information content (AvgIpc) is 2.76. The van der Waals surface area contributed by atoms with E-state index in [9.17, 15) is 9.90 Å². The number of carbonyl (C=O) groups is 1. The first kappa shape index (κ1) is 22.7. The number of hydrogen-bond acceptors (Lipinski definition) is 5. The van der Waals surface area contributed by atoms with Gasteiger partial charge in [0, 0.05) is 45.2 Å². The van der Waals surface area contributed by atoms with E-state index >= 15 is 0 Å². The molecule has 1 aromatic carbocycles. The highest BCUT2D eigenvalue weighted by Crippen LogP contribution is 2.36. The first-order chi connectivity index (χ1) is 14.4. The normalized spacial score (nSPS) is 12.3. The van der Waals surface area contributed by atoms with Crippen molar-refractivity contribution in [3.63, 3.8) is 0 Å². The van der Waals surface area contributed by atoms with Crippen molar-refractivity contribution in [2.75, 3.05) is 19.4 Å². The molecule has 0 aliphatic heterocycles. The Morgan fingerprint density at radius 1 is 1.27 bits per heavy atom. The van der Waals surface area contributed by atoms with Crippen molar-refractivity contribution in [1.29, 1.82) is 0 Å². The van der Waals surface area contributed by atoms with Gasteiger partial charge in [-0.05, 0) is 41.8 Å². The molecule has 1 heterocycles. The van der Waals surface area contributed by atoms with Gasteiger partial charge < -0.3 is 20.6 Å². The van der Waals surface area contributed by atoms with Crippen molar-refractivity contribution in [2.24, 2.45) is 0 Å². The molecule has 1 aliphatic carbocycles. The SMILES string of the molecule is C=C1CC(NCc2ccncc2)=C1Nc1cccc(C(=O)N(C)C)c1O.C=CCC. The molecule has 0 spiro atoms. The number of para-hydroxylation sites is 1. The number of aromatic hydroxyl groups is 1. The highest BCUT2D eigenvalue weighted by atomic mass is 16.3. The number of pyridine rings is 1. The minimum Gasteiger partial charge on any atom is -0.505 e. The molecule has 1 amide bonds. The molecule has 1 aromatic heterocycles. The summed E-state index contributed by atoms with van der Waals surface area (Å²) < 4.78 is 0. The fourth-order valence-electron chi connectivity index (χ4n) is 2.71. The van der Waals surface area contributed by atoms with Gasteiger partial charge in [0.1, 0.15) is 0 Å². The molecule has 3 N–H and O–H groups in total. The predicted molar refractivity (Wildman–Crippen MR) is 122 cm³/mol. The van der Waals surface area contributed by atoms with E-state index < -0.39 is 0 Å². The van der Waals surface area contributed by atoms with Crippen LogP contribution in [0.25, 0.3) is 0 Å². The van der Waals surface area contributed by atoms with E-state index in [2.05, 4.69) is 35.7 Å². The van der Waals surface area contributed by atoms with Crippen LogP contribution in [-0.2, 0) is 6.54 Å². The predicted octanol–water partition coefficient (Wildman–Crippen LogP) is 4.44. The van der Waals surface area contributed by atoms with Crippen LogP contribution in [0, 0.1) is 0 Å². The van der Waals surface area contributed by atoms with Crippen LogP contribution in [-0.4, -0.2) is 35.0 Å². The molecule has 158 valence electrons.